The summed E-state index contributed by atoms with van der Waals surface area (Å²) in [6.07, 6.45) is 1.06. The van der Waals surface area contributed by atoms with E-state index in [4.69, 9.17) is 0 Å². The molecule has 3 aromatic heterocycles. The maximum absolute atomic E-state index is 2.55. The molecule has 0 spiro atoms. The van der Waals surface area contributed by atoms with Crippen LogP contribution in [0.3, 0.4) is 0 Å². The van der Waals surface area contributed by atoms with Crippen molar-refractivity contribution >= 4 is 59.9 Å². The molecule has 34 heavy (non-hydrogen) atoms. The Bertz CT molecular complexity index is 1930. The van der Waals surface area contributed by atoms with Gasteiger partial charge in [0.25, 0.3) is 0 Å². The quantitative estimate of drug-likeness (QED) is 0.139. The molecule has 4 aromatic carbocycles. The molecule has 0 N–H and O–H groups in total. The molecule has 0 atom stereocenters. The van der Waals surface area contributed by atoms with Gasteiger partial charge in [-0.25, -0.2) is 0 Å². The number of hydrogen-bond acceptors (Lipinski definition) is 0. The van der Waals surface area contributed by atoms with E-state index in [9.17, 15) is 0 Å². The lowest BCUT2D eigenvalue weighted by Gasteiger charge is -2.18. The van der Waals surface area contributed by atoms with Crippen LogP contribution >= 0.6 is 0 Å². The summed E-state index contributed by atoms with van der Waals surface area (Å²) in [5, 5.41) is 8.07. The zero-order valence-electron chi connectivity index (χ0n) is 20.5. The lowest BCUT2D eigenvalue weighted by atomic mass is 9.88. The molecule has 3 heterocycles. The van der Waals surface area contributed by atoms with Crippen LogP contribution in [0.15, 0.2) is 72.8 Å². The predicted molar refractivity (Wildman–Crippen MR) is 145 cm³/mol. The van der Waals surface area contributed by atoms with Gasteiger partial charge in [0.2, 0.25) is 11.0 Å². The highest BCUT2D eigenvalue weighted by Crippen LogP contribution is 2.43. The third-order valence-corrected chi connectivity index (χ3v) is 7.57. The number of pyridine rings is 2. The third-order valence-electron chi connectivity index (χ3n) is 7.57. The molecule has 0 aliphatic rings. The van der Waals surface area contributed by atoms with Gasteiger partial charge < -0.3 is 4.40 Å². The van der Waals surface area contributed by atoms with Crippen molar-refractivity contribution in [1.29, 1.82) is 0 Å². The van der Waals surface area contributed by atoms with E-state index in [1.807, 2.05) is 0 Å². The first-order valence-corrected chi connectivity index (χ1v) is 12.2. The van der Waals surface area contributed by atoms with Gasteiger partial charge in [-0.15, -0.1) is 0 Å². The molecule has 0 saturated carbocycles. The van der Waals surface area contributed by atoms with Gasteiger partial charge >= 0.3 is 0 Å². The van der Waals surface area contributed by atoms with Crippen LogP contribution in [0.4, 0.5) is 0 Å². The minimum atomic E-state index is 0.246. The molecule has 2 heteroatoms. The van der Waals surface area contributed by atoms with Crippen LogP contribution in [0.1, 0.15) is 31.9 Å². The topological polar surface area (TPSA) is 8.29 Å². The summed E-state index contributed by atoms with van der Waals surface area (Å²) in [5.41, 5.74) is 9.52. The largest absolute Gasteiger partial charge is 0.303 e. The van der Waals surface area contributed by atoms with Crippen LogP contribution in [0, 0.1) is 12.3 Å². The molecule has 0 fully saturated rings. The number of aromatic nitrogens is 2. The Hall–Kier alpha value is -3.65. The highest BCUT2D eigenvalue weighted by atomic mass is 15.0. The summed E-state index contributed by atoms with van der Waals surface area (Å²) >= 11 is 0. The van der Waals surface area contributed by atoms with E-state index < -0.39 is 0 Å². The molecule has 0 saturated heterocycles. The van der Waals surface area contributed by atoms with Crippen LogP contribution in [0.2, 0.25) is 0 Å². The van der Waals surface area contributed by atoms with Crippen LogP contribution in [-0.4, -0.2) is 4.40 Å². The molecule has 7 aromatic rings. The molecule has 166 valence electrons. The number of benzene rings is 4. The van der Waals surface area contributed by atoms with E-state index in [0.29, 0.717) is 0 Å². The Balaban J connectivity index is 1.86. The molecule has 0 unspecified atom stereocenters. The maximum Gasteiger partial charge on any atom is 0.238 e. The standard InChI is InChI=1S/C32H29N2/c1-19-13-15-21-9-8-12-25-28(21)27(19)30-31-29(22-10-6-7-11-24(22)33(30)5)23-16-14-20(18-32(2,3)4)17-26(23)34(25)31/h6-17H,18H2,1-5H3/q+1. The van der Waals surface area contributed by atoms with Gasteiger partial charge in [0.1, 0.15) is 12.6 Å². The molecule has 0 bridgehead atoms. The van der Waals surface area contributed by atoms with Gasteiger partial charge in [0.15, 0.2) is 0 Å². The number of nitrogens with zero attached hydrogens (tertiary/aromatic N) is 2. The van der Waals surface area contributed by atoms with E-state index in [1.54, 1.807) is 0 Å². The van der Waals surface area contributed by atoms with Crippen molar-refractivity contribution in [2.45, 2.75) is 34.1 Å². The summed E-state index contributed by atoms with van der Waals surface area (Å²) < 4.78 is 4.97. The third kappa shape index (κ3) is 2.49. The highest BCUT2D eigenvalue weighted by molar-refractivity contribution is 6.30. The fourth-order valence-electron chi connectivity index (χ4n) is 6.30. The Kier molecular flexibility index (Phi) is 3.77. The zero-order valence-corrected chi connectivity index (χ0v) is 20.5. The number of rotatable bonds is 1. The molecule has 0 aliphatic carbocycles. The molecule has 0 radical (unpaired) electrons. The second kappa shape index (κ2) is 6.48. The SMILES string of the molecule is Cc1ccc2cccc3c2c1c1c2c(c4ccc(CC(C)(C)C)cc4n32)c2ccccc2[n+]1C. The fraction of sp³-hybridized carbons (Fsp3) is 0.219. The number of hydrogen-bond donors (Lipinski definition) is 0. The lowest BCUT2D eigenvalue weighted by molar-refractivity contribution is -0.616. The average molecular weight is 442 g/mol. The van der Waals surface area contributed by atoms with Gasteiger partial charge in [0.05, 0.1) is 21.8 Å². The Morgan fingerprint density at radius 3 is 2.41 bits per heavy atom. The van der Waals surface area contributed by atoms with Gasteiger partial charge in [0, 0.05) is 22.2 Å². The Morgan fingerprint density at radius 1 is 0.765 bits per heavy atom. The minimum Gasteiger partial charge on any atom is -0.303 e. The highest BCUT2D eigenvalue weighted by Gasteiger charge is 2.27. The van der Waals surface area contributed by atoms with Gasteiger partial charge in [-0.3, -0.25) is 0 Å². The second-order valence-electron chi connectivity index (χ2n) is 11.2. The summed E-state index contributed by atoms with van der Waals surface area (Å²) in [6.45, 7) is 9.22. The molecular formula is C32H29N2+. The van der Waals surface area contributed by atoms with Crippen LogP contribution in [0.25, 0.3) is 59.9 Å². The summed E-state index contributed by atoms with van der Waals surface area (Å²) in [7, 11) is 2.23. The van der Waals surface area contributed by atoms with Crippen molar-refractivity contribution in [3.8, 4) is 0 Å². The van der Waals surface area contributed by atoms with Crippen molar-refractivity contribution in [2.75, 3.05) is 0 Å². The van der Waals surface area contributed by atoms with Crippen molar-refractivity contribution in [2.24, 2.45) is 12.5 Å². The number of para-hydroxylation sites is 1. The van der Waals surface area contributed by atoms with Crippen molar-refractivity contribution < 1.29 is 4.57 Å². The van der Waals surface area contributed by atoms with E-state index in [1.165, 1.54) is 71.0 Å². The predicted octanol–water partition coefficient (Wildman–Crippen LogP) is 7.86. The van der Waals surface area contributed by atoms with E-state index in [0.717, 1.165) is 6.42 Å². The van der Waals surface area contributed by atoms with Crippen LogP contribution in [0.5, 0.6) is 0 Å². The fourth-order valence-corrected chi connectivity index (χ4v) is 6.30. The molecule has 7 rings (SSSR count). The average Bonchev–Trinajstić information content (AvgIpc) is 3.14. The lowest BCUT2D eigenvalue weighted by Crippen LogP contribution is -2.31. The molecule has 0 aliphatic heterocycles. The first kappa shape index (κ1) is 19.8. The summed E-state index contributed by atoms with van der Waals surface area (Å²) in [4.78, 5) is 0. The molecule has 0 amide bonds. The molecule has 2 nitrogen and oxygen atoms in total. The van der Waals surface area contributed by atoms with Gasteiger partial charge in [-0.1, -0.05) is 69.3 Å². The summed E-state index contributed by atoms with van der Waals surface area (Å²) in [6, 6.07) is 27.4. The minimum absolute atomic E-state index is 0.246. The van der Waals surface area contributed by atoms with Gasteiger partial charge in [-0.2, -0.15) is 4.57 Å². The smallest absolute Gasteiger partial charge is 0.238 e. The first-order valence-electron chi connectivity index (χ1n) is 12.2. The summed E-state index contributed by atoms with van der Waals surface area (Å²) in [5.74, 6) is 0. The first-order chi connectivity index (χ1) is 16.3. The maximum atomic E-state index is 2.55. The zero-order chi connectivity index (χ0) is 23.4. The van der Waals surface area contributed by atoms with Gasteiger partial charge in [-0.05, 0) is 53.5 Å². The van der Waals surface area contributed by atoms with E-state index in [-0.39, 0.29) is 5.41 Å². The van der Waals surface area contributed by atoms with Crippen molar-refractivity contribution in [3.05, 3.63) is 83.9 Å². The molecular weight excluding hydrogens is 412 g/mol. The number of aryl methyl sites for hydroxylation is 2. The van der Waals surface area contributed by atoms with Crippen molar-refractivity contribution in [1.82, 2.24) is 4.40 Å². The van der Waals surface area contributed by atoms with Crippen molar-refractivity contribution in [3.63, 3.8) is 0 Å². The monoisotopic (exact) mass is 441 g/mol. The Labute approximate surface area is 199 Å². The normalized spacial score (nSPS) is 13.0. The Morgan fingerprint density at radius 2 is 1.59 bits per heavy atom. The van der Waals surface area contributed by atoms with E-state index in [2.05, 4.69) is 117 Å². The van der Waals surface area contributed by atoms with E-state index >= 15 is 0 Å². The second-order valence-corrected chi connectivity index (χ2v) is 11.2. The number of fused-ring (bicyclic) bond motifs is 7. The van der Waals surface area contributed by atoms with Crippen LogP contribution in [-0.2, 0) is 13.5 Å². The van der Waals surface area contributed by atoms with Crippen LogP contribution < -0.4 is 4.57 Å².